The van der Waals surface area contributed by atoms with E-state index in [1.54, 1.807) is 6.07 Å². The minimum Gasteiger partial charge on any atom is -0.481 e. The number of carbonyl (C=O) groups is 1. The lowest BCUT2D eigenvalue weighted by Gasteiger charge is -2.28. The predicted molar refractivity (Wildman–Crippen MR) is 69.3 cm³/mol. The second-order valence-electron chi connectivity index (χ2n) is 4.11. The van der Waals surface area contributed by atoms with Crippen LogP contribution >= 0.6 is 11.6 Å². The van der Waals surface area contributed by atoms with Crippen molar-refractivity contribution in [2.45, 2.75) is 26.3 Å². The Morgan fingerprint density at radius 3 is 2.72 bits per heavy atom. The van der Waals surface area contributed by atoms with Gasteiger partial charge in [0.15, 0.2) is 0 Å². The Balaban J connectivity index is 2.82. The van der Waals surface area contributed by atoms with E-state index in [-0.39, 0.29) is 18.3 Å². The molecular formula is C13H17ClFNO2. The van der Waals surface area contributed by atoms with Gasteiger partial charge in [0.05, 0.1) is 6.42 Å². The fraction of sp³-hybridized carbons (Fsp3) is 0.462. The molecule has 3 nitrogen and oxygen atoms in total. The van der Waals surface area contributed by atoms with Crippen LogP contribution in [0.1, 0.15) is 31.9 Å². The first-order valence-corrected chi connectivity index (χ1v) is 6.24. The van der Waals surface area contributed by atoms with Crippen LogP contribution < -0.4 is 0 Å². The summed E-state index contributed by atoms with van der Waals surface area (Å²) in [5.74, 6) is -1.20. The van der Waals surface area contributed by atoms with Gasteiger partial charge in [0.2, 0.25) is 0 Å². The summed E-state index contributed by atoms with van der Waals surface area (Å²) in [7, 11) is 0. The molecule has 0 aliphatic rings. The van der Waals surface area contributed by atoms with E-state index in [9.17, 15) is 9.18 Å². The van der Waals surface area contributed by atoms with Crippen molar-refractivity contribution in [3.8, 4) is 0 Å². The molecule has 0 bridgehead atoms. The van der Waals surface area contributed by atoms with Crippen molar-refractivity contribution in [3.63, 3.8) is 0 Å². The molecule has 0 aliphatic heterocycles. The molecule has 1 unspecified atom stereocenters. The average molecular weight is 274 g/mol. The Morgan fingerprint density at radius 2 is 2.22 bits per heavy atom. The SMILES string of the molecule is CCN(CCC(=O)O)C(C)c1ccc(F)cc1Cl. The lowest BCUT2D eigenvalue weighted by atomic mass is 10.1. The number of hydrogen-bond acceptors (Lipinski definition) is 2. The van der Waals surface area contributed by atoms with Crippen molar-refractivity contribution in [2.75, 3.05) is 13.1 Å². The first-order chi connectivity index (χ1) is 8.45. The van der Waals surface area contributed by atoms with Gasteiger partial charge in [0, 0.05) is 17.6 Å². The molecule has 1 rings (SSSR count). The maximum Gasteiger partial charge on any atom is 0.304 e. The molecule has 0 heterocycles. The lowest BCUT2D eigenvalue weighted by Crippen LogP contribution is -2.29. The maximum atomic E-state index is 13.0. The number of halogens is 2. The Bertz CT molecular complexity index is 425. The molecule has 18 heavy (non-hydrogen) atoms. The van der Waals surface area contributed by atoms with Crippen molar-refractivity contribution < 1.29 is 14.3 Å². The second-order valence-corrected chi connectivity index (χ2v) is 4.52. The molecule has 0 aliphatic carbocycles. The standard InChI is InChI=1S/C13H17ClFNO2/c1-3-16(7-6-13(17)18)9(2)11-5-4-10(15)8-12(11)14/h4-5,8-9H,3,6-7H2,1-2H3,(H,17,18). The molecule has 1 aromatic rings. The van der Waals surface area contributed by atoms with Crippen molar-refractivity contribution in [2.24, 2.45) is 0 Å². The van der Waals surface area contributed by atoms with E-state index in [0.717, 1.165) is 5.56 Å². The number of carboxylic acids is 1. The van der Waals surface area contributed by atoms with Gasteiger partial charge in [-0.1, -0.05) is 24.6 Å². The number of carboxylic acid groups (broad SMARTS) is 1. The molecule has 0 amide bonds. The van der Waals surface area contributed by atoms with Crippen LogP contribution in [0.3, 0.4) is 0 Å². The van der Waals surface area contributed by atoms with Crippen LogP contribution in [-0.2, 0) is 4.79 Å². The van der Waals surface area contributed by atoms with Crippen molar-refractivity contribution >= 4 is 17.6 Å². The predicted octanol–water partition coefficient (Wildman–Crippen LogP) is 3.34. The van der Waals surface area contributed by atoms with Crippen molar-refractivity contribution in [1.29, 1.82) is 0 Å². The van der Waals surface area contributed by atoms with Gasteiger partial charge in [0.25, 0.3) is 0 Å². The highest BCUT2D eigenvalue weighted by atomic mass is 35.5. The van der Waals surface area contributed by atoms with E-state index in [1.165, 1.54) is 12.1 Å². The van der Waals surface area contributed by atoms with Crippen molar-refractivity contribution in [3.05, 3.63) is 34.6 Å². The van der Waals surface area contributed by atoms with Gasteiger partial charge < -0.3 is 5.11 Å². The number of aliphatic carboxylic acids is 1. The fourth-order valence-corrected chi connectivity index (χ4v) is 2.23. The van der Waals surface area contributed by atoms with Gasteiger partial charge >= 0.3 is 5.97 Å². The molecular weight excluding hydrogens is 257 g/mol. The summed E-state index contributed by atoms with van der Waals surface area (Å²) in [6, 6.07) is 4.25. The summed E-state index contributed by atoms with van der Waals surface area (Å²) in [4.78, 5) is 12.6. The van der Waals surface area contributed by atoms with Gasteiger partial charge in [-0.3, -0.25) is 9.69 Å². The van der Waals surface area contributed by atoms with Crippen LogP contribution in [0.25, 0.3) is 0 Å². The van der Waals surface area contributed by atoms with Crippen LogP contribution in [-0.4, -0.2) is 29.1 Å². The Hall–Kier alpha value is -1.13. The Morgan fingerprint density at radius 1 is 1.56 bits per heavy atom. The van der Waals surface area contributed by atoms with Crippen LogP contribution in [0.15, 0.2) is 18.2 Å². The summed E-state index contributed by atoms with van der Waals surface area (Å²) in [5.41, 5.74) is 0.810. The highest BCUT2D eigenvalue weighted by Crippen LogP contribution is 2.27. The van der Waals surface area contributed by atoms with Gasteiger partial charge in [-0.15, -0.1) is 0 Å². The monoisotopic (exact) mass is 273 g/mol. The molecule has 0 radical (unpaired) electrons. The van der Waals surface area contributed by atoms with Crippen molar-refractivity contribution in [1.82, 2.24) is 4.90 Å². The van der Waals surface area contributed by atoms with E-state index in [4.69, 9.17) is 16.7 Å². The molecule has 100 valence electrons. The minimum absolute atomic E-state index is 0.0394. The van der Waals surface area contributed by atoms with E-state index >= 15 is 0 Å². The summed E-state index contributed by atoms with van der Waals surface area (Å²) in [5, 5.41) is 9.07. The molecule has 0 aromatic heterocycles. The molecule has 0 fully saturated rings. The zero-order valence-electron chi connectivity index (χ0n) is 10.5. The maximum absolute atomic E-state index is 13.0. The van der Waals surface area contributed by atoms with Crippen LogP contribution in [0.2, 0.25) is 5.02 Å². The highest BCUT2D eigenvalue weighted by molar-refractivity contribution is 6.31. The molecule has 1 N–H and O–H groups in total. The number of benzene rings is 1. The number of hydrogen-bond donors (Lipinski definition) is 1. The highest BCUT2D eigenvalue weighted by Gasteiger charge is 2.17. The zero-order valence-corrected chi connectivity index (χ0v) is 11.2. The third kappa shape index (κ3) is 3.96. The largest absolute Gasteiger partial charge is 0.481 e. The van der Waals surface area contributed by atoms with E-state index in [0.29, 0.717) is 18.1 Å². The molecule has 0 spiro atoms. The third-order valence-electron chi connectivity index (χ3n) is 2.98. The Labute approximate surface area is 111 Å². The number of rotatable bonds is 6. The van der Waals surface area contributed by atoms with Crippen LogP contribution in [0.5, 0.6) is 0 Å². The molecule has 5 heteroatoms. The van der Waals surface area contributed by atoms with Crippen LogP contribution in [0, 0.1) is 5.82 Å². The van der Waals surface area contributed by atoms with Gasteiger partial charge in [-0.25, -0.2) is 4.39 Å². The zero-order chi connectivity index (χ0) is 13.7. The average Bonchev–Trinajstić information content (AvgIpc) is 2.29. The van der Waals surface area contributed by atoms with E-state index in [2.05, 4.69) is 0 Å². The normalized spacial score (nSPS) is 12.7. The molecule has 1 aromatic carbocycles. The first kappa shape index (κ1) is 14.9. The Kier molecular flexibility index (Phi) is 5.56. The summed E-state index contributed by atoms with van der Waals surface area (Å²) in [6.45, 7) is 5.04. The topological polar surface area (TPSA) is 40.5 Å². The number of nitrogens with zero attached hydrogens (tertiary/aromatic N) is 1. The van der Waals surface area contributed by atoms with Gasteiger partial charge in [0.1, 0.15) is 5.82 Å². The third-order valence-corrected chi connectivity index (χ3v) is 3.31. The van der Waals surface area contributed by atoms with Gasteiger partial charge in [-0.2, -0.15) is 0 Å². The van der Waals surface area contributed by atoms with E-state index < -0.39 is 5.97 Å². The molecule has 0 saturated carbocycles. The van der Waals surface area contributed by atoms with Crippen LogP contribution in [0.4, 0.5) is 4.39 Å². The quantitative estimate of drug-likeness (QED) is 0.864. The lowest BCUT2D eigenvalue weighted by molar-refractivity contribution is -0.137. The van der Waals surface area contributed by atoms with Gasteiger partial charge in [-0.05, 0) is 31.2 Å². The second kappa shape index (κ2) is 6.71. The summed E-state index contributed by atoms with van der Waals surface area (Å²) >= 11 is 6.01. The van der Waals surface area contributed by atoms with E-state index in [1.807, 2.05) is 18.7 Å². The minimum atomic E-state index is -0.828. The molecule has 1 atom stereocenters. The summed E-state index contributed by atoms with van der Waals surface area (Å²) in [6.07, 6.45) is 0.0804. The summed E-state index contributed by atoms with van der Waals surface area (Å²) < 4.78 is 13.0. The fourth-order valence-electron chi connectivity index (χ4n) is 1.90. The smallest absolute Gasteiger partial charge is 0.304 e. The first-order valence-electron chi connectivity index (χ1n) is 5.86. The molecule has 0 saturated heterocycles.